The zero-order chi connectivity index (χ0) is 20.1. The van der Waals surface area contributed by atoms with E-state index in [1.165, 1.54) is 5.56 Å². The quantitative estimate of drug-likeness (QED) is 0.346. The lowest BCUT2D eigenvalue weighted by molar-refractivity contribution is -0.00683. The Kier molecular flexibility index (Phi) is 10.3. The van der Waals surface area contributed by atoms with E-state index in [0.29, 0.717) is 6.61 Å². The molecule has 0 amide bonds. The number of guanidine groups is 1. The Morgan fingerprint density at radius 3 is 2.61 bits per heavy atom. The number of aliphatic imine (C=N–C) groups is 1. The summed E-state index contributed by atoms with van der Waals surface area (Å²) in [5.41, 5.74) is 1.27. The largest absolute Gasteiger partial charge is 0.379 e. The van der Waals surface area contributed by atoms with Crippen LogP contribution in [0.25, 0.3) is 0 Å². The molecule has 1 fully saturated rings. The van der Waals surface area contributed by atoms with E-state index in [4.69, 9.17) is 14.5 Å². The summed E-state index contributed by atoms with van der Waals surface area (Å²) in [6.45, 7) is 14.2. The maximum Gasteiger partial charge on any atom is 0.191 e. The molecule has 2 N–H and O–H groups in total. The molecular weight excluding hydrogens is 352 g/mol. The first-order valence-electron chi connectivity index (χ1n) is 10.6. The molecule has 2 rings (SSSR count). The molecule has 0 unspecified atom stereocenters. The zero-order valence-corrected chi connectivity index (χ0v) is 17.9. The van der Waals surface area contributed by atoms with Crippen LogP contribution in [0.5, 0.6) is 0 Å². The third-order valence-corrected chi connectivity index (χ3v) is 4.95. The highest BCUT2D eigenvalue weighted by atomic mass is 16.5. The minimum Gasteiger partial charge on any atom is -0.379 e. The van der Waals surface area contributed by atoms with E-state index in [-0.39, 0.29) is 5.54 Å². The van der Waals surface area contributed by atoms with Crippen LogP contribution in [-0.4, -0.2) is 68.9 Å². The van der Waals surface area contributed by atoms with Gasteiger partial charge in [-0.25, -0.2) is 0 Å². The van der Waals surface area contributed by atoms with Gasteiger partial charge in [0.25, 0.3) is 0 Å². The van der Waals surface area contributed by atoms with Crippen molar-refractivity contribution in [2.45, 2.75) is 45.8 Å². The van der Waals surface area contributed by atoms with E-state index < -0.39 is 0 Å². The van der Waals surface area contributed by atoms with Gasteiger partial charge in [0.05, 0.1) is 26.4 Å². The third kappa shape index (κ3) is 8.59. The third-order valence-electron chi connectivity index (χ3n) is 4.95. The molecule has 0 atom stereocenters. The van der Waals surface area contributed by atoms with Gasteiger partial charge >= 0.3 is 0 Å². The predicted octanol–water partition coefficient (Wildman–Crippen LogP) is 2.65. The van der Waals surface area contributed by atoms with Crippen molar-refractivity contribution >= 4 is 5.96 Å². The van der Waals surface area contributed by atoms with E-state index in [9.17, 15) is 0 Å². The molecule has 0 aliphatic carbocycles. The van der Waals surface area contributed by atoms with E-state index in [1.807, 2.05) is 18.2 Å². The first-order valence-corrected chi connectivity index (χ1v) is 10.6. The number of nitrogens with zero attached hydrogens (tertiary/aromatic N) is 2. The maximum atomic E-state index is 5.74. The average molecular weight is 391 g/mol. The van der Waals surface area contributed by atoms with Gasteiger partial charge < -0.3 is 20.1 Å². The fraction of sp³-hybridized carbons (Fsp3) is 0.682. The second kappa shape index (κ2) is 12.8. The van der Waals surface area contributed by atoms with Crippen LogP contribution in [0.1, 0.15) is 39.2 Å². The highest BCUT2D eigenvalue weighted by Gasteiger charge is 2.28. The van der Waals surface area contributed by atoms with Gasteiger partial charge in [-0.05, 0) is 39.2 Å². The number of unbranched alkanes of at least 4 members (excludes halogenated alkanes) is 1. The van der Waals surface area contributed by atoms with E-state index in [1.54, 1.807) is 0 Å². The molecule has 0 radical (unpaired) electrons. The Balaban J connectivity index is 1.63. The first kappa shape index (κ1) is 22.7. The van der Waals surface area contributed by atoms with Crippen molar-refractivity contribution in [1.29, 1.82) is 0 Å². The van der Waals surface area contributed by atoms with Crippen molar-refractivity contribution in [2.75, 3.05) is 52.5 Å². The number of rotatable bonds is 11. The molecule has 0 bridgehead atoms. The summed E-state index contributed by atoms with van der Waals surface area (Å²) in [6.07, 6.45) is 2.10. The van der Waals surface area contributed by atoms with Crippen molar-refractivity contribution in [3.63, 3.8) is 0 Å². The minimum atomic E-state index is 0.0391. The minimum absolute atomic E-state index is 0.0391. The summed E-state index contributed by atoms with van der Waals surface area (Å²) < 4.78 is 11.2. The molecule has 1 aliphatic rings. The van der Waals surface area contributed by atoms with Crippen molar-refractivity contribution < 1.29 is 9.47 Å². The number of ether oxygens (including phenoxy) is 2. The van der Waals surface area contributed by atoms with Gasteiger partial charge in [-0.3, -0.25) is 9.89 Å². The van der Waals surface area contributed by atoms with Crippen molar-refractivity contribution in [1.82, 2.24) is 15.5 Å². The molecular formula is C22H38N4O2. The number of hydrogen-bond donors (Lipinski definition) is 2. The van der Waals surface area contributed by atoms with Crippen molar-refractivity contribution in [3.8, 4) is 0 Å². The van der Waals surface area contributed by atoms with Crippen LogP contribution in [0.15, 0.2) is 35.3 Å². The van der Waals surface area contributed by atoms with Crippen molar-refractivity contribution in [2.24, 2.45) is 4.99 Å². The summed E-state index contributed by atoms with van der Waals surface area (Å²) in [5, 5.41) is 6.79. The second-order valence-electron chi connectivity index (χ2n) is 7.78. The van der Waals surface area contributed by atoms with Crippen LogP contribution < -0.4 is 10.6 Å². The summed E-state index contributed by atoms with van der Waals surface area (Å²) in [4.78, 5) is 7.28. The lowest BCUT2D eigenvalue weighted by Gasteiger charge is -2.39. The summed E-state index contributed by atoms with van der Waals surface area (Å²) >= 11 is 0. The Bertz CT molecular complexity index is 557. The van der Waals surface area contributed by atoms with Gasteiger partial charge in [0.2, 0.25) is 0 Å². The fourth-order valence-corrected chi connectivity index (χ4v) is 3.18. The average Bonchev–Trinajstić information content (AvgIpc) is 2.72. The topological polar surface area (TPSA) is 58.1 Å². The molecule has 1 aromatic rings. The molecule has 0 aromatic heterocycles. The van der Waals surface area contributed by atoms with E-state index in [0.717, 1.165) is 71.3 Å². The van der Waals surface area contributed by atoms with Gasteiger partial charge in [-0.15, -0.1) is 0 Å². The van der Waals surface area contributed by atoms with Crippen LogP contribution in [0.2, 0.25) is 0 Å². The van der Waals surface area contributed by atoms with Gasteiger partial charge in [-0.1, -0.05) is 30.3 Å². The summed E-state index contributed by atoms with van der Waals surface area (Å²) in [7, 11) is 0. The number of benzene rings is 1. The van der Waals surface area contributed by atoms with E-state index >= 15 is 0 Å². The highest BCUT2D eigenvalue weighted by molar-refractivity contribution is 5.79. The van der Waals surface area contributed by atoms with Gasteiger partial charge in [0.1, 0.15) is 0 Å². The number of nitrogens with one attached hydrogen (secondary N) is 2. The molecule has 6 nitrogen and oxygen atoms in total. The molecule has 158 valence electrons. The van der Waals surface area contributed by atoms with Gasteiger partial charge in [0, 0.05) is 38.3 Å². The zero-order valence-electron chi connectivity index (χ0n) is 17.9. The van der Waals surface area contributed by atoms with Crippen LogP contribution in [0.3, 0.4) is 0 Å². The Morgan fingerprint density at radius 2 is 1.89 bits per heavy atom. The van der Waals surface area contributed by atoms with Gasteiger partial charge in [0.15, 0.2) is 5.96 Å². The molecule has 28 heavy (non-hydrogen) atoms. The Hall–Kier alpha value is -1.63. The molecule has 1 heterocycles. The second-order valence-corrected chi connectivity index (χ2v) is 7.78. The number of morpholine rings is 1. The number of hydrogen-bond acceptors (Lipinski definition) is 4. The smallest absolute Gasteiger partial charge is 0.191 e. The van der Waals surface area contributed by atoms with E-state index in [2.05, 4.69) is 48.4 Å². The highest BCUT2D eigenvalue weighted by Crippen LogP contribution is 2.16. The molecule has 0 saturated carbocycles. The fourth-order valence-electron chi connectivity index (χ4n) is 3.18. The Morgan fingerprint density at radius 1 is 1.14 bits per heavy atom. The van der Waals surface area contributed by atoms with Crippen LogP contribution >= 0.6 is 0 Å². The molecule has 1 aromatic carbocycles. The predicted molar refractivity (Wildman–Crippen MR) is 116 cm³/mol. The van der Waals surface area contributed by atoms with Crippen LogP contribution in [0.4, 0.5) is 0 Å². The monoisotopic (exact) mass is 390 g/mol. The van der Waals surface area contributed by atoms with Crippen molar-refractivity contribution in [3.05, 3.63) is 35.9 Å². The lowest BCUT2D eigenvalue weighted by Crippen LogP contribution is -2.52. The maximum absolute atomic E-state index is 5.74. The normalized spacial score (nSPS) is 16.2. The molecule has 1 saturated heterocycles. The molecule has 1 aliphatic heterocycles. The molecule has 0 spiro atoms. The SMILES string of the molecule is CCNC(=NCC(C)(C)N1CCOCC1)NCCCCOCc1ccccc1. The summed E-state index contributed by atoms with van der Waals surface area (Å²) in [6, 6.07) is 10.3. The van der Waals surface area contributed by atoms with Crippen LogP contribution in [0, 0.1) is 0 Å². The summed E-state index contributed by atoms with van der Waals surface area (Å²) in [5.74, 6) is 0.897. The standard InChI is InChI=1S/C22H38N4O2/c1-4-23-21(25-19-22(2,3)26-13-16-27-17-14-26)24-12-8-9-15-28-18-20-10-6-5-7-11-20/h5-7,10-11H,4,8-9,12-19H2,1-3H3,(H2,23,24,25). The van der Waals surface area contributed by atoms with Crippen LogP contribution in [-0.2, 0) is 16.1 Å². The first-order chi connectivity index (χ1) is 13.6. The van der Waals surface area contributed by atoms with Gasteiger partial charge in [-0.2, -0.15) is 0 Å². The lowest BCUT2D eigenvalue weighted by atomic mass is 10.0. The molecule has 6 heteroatoms. The Labute approximate surface area is 170 Å².